The first-order valence-electron chi connectivity index (χ1n) is 6.94. The predicted molar refractivity (Wildman–Crippen MR) is 75.8 cm³/mol. The first kappa shape index (κ1) is 19.2. The Labute approximate surface area is 125 Å². The van der Waals surface area contributed by atoms with Gasteiger partial charge in [-0.3, -0.25) is 4.79 Å². The standard InChI is InChI=1S/C14H25NO6/c1-6-9(2)11(12(18)20-8-7-10(16)17)15-13(19)21-14(3,4)5/h9,11H,6-8H2,1-5H3,(H,15,19)(H,16,17)/t9-,11-/m0/s1. The Kier molecular flexibility index (Phi) is 7.76. The van der Waals surface area contributed by atoms with E-state index in [0.29, 0.717) is 6.42 Å². The zero-order valence-corrected chi connectivity index (χ0v) is 13.3. The highest BCUT2D eigenvalue weighted by molar-refractivity contribution is 5.82. The molecule has 0 aromatic carbocycles. The SMILES string of the molecule is CC[C@H](C)[C@H](NC(=O)OC(C)(C)C)C(=O)OCCC(=O)O. The molecule has 0 unspecified atom stereocenters. The second-order valence-corrected chi connectivity index (χ2v) is 5.82. The second-order valence-electron chi connectivity index (χ2n) is 5.82. The van der Waals surface area contributed by atoms with E-state index < -0.39 is 29.7 Å². The van der Waals surface area contributed by atoms with Gasteiger partial charge in [-0.1, -0.05) is 20.3 Å². The van der Waals surface area contributed by atoms with Crippen molar-refractivity contribution >= 4 is 18.0 Å². The van der Waals surface area contributed by atoms with Crippen LogP contribution in [0, 0.1) is 5.92 Å². The lowest BCUT2D eigenvalue weighted by molar-refractivity contribution is -0.149. The number of nitrogens with one attached hydrogen (secondary N) is 1. The lowest BCUT2D eigenvalue weighted by atomic mass is 9.99. The number of esters is 1. The normalized spacial score (nSPS) is 14.0. The Hall–Kier alpha value is -1.79. The largest absolute Gasteiger partial charge is 0.481 e. The van der Waals surface area contributed by atoms with E-state index in [1.54, 1.807) is 27.7 Å². The van der Waals surface area contributed by atoms with Crippen molar-refractivity contribution in [1.82, 2.24) is 5.32 Å². The predicted octanol–water partition coefficient (Wildman–Crippen LogP) is 1.94. The quantitative estimate of drug-likeness (QED) is 0.697. The van der Waals surface area contributed by atoms with Gasteiger partial charge in [-0.05, 0) is 26.7 Å². The van der Waals surface area contributed by atoms with Crippen LogP contribution in [0.15, 0.2) is 0 Å². The fourth-order valence-corrected chi connectivity index (χ4v) is 1.43. The number of aliphatic carboxylic acids is 1. The molecule has 0 aliphatic rings. The molecule has 2 atom stereocenters. The van der Waals surface area contributed by atoms with Gasteiger partial charge in [0.1, 0.15) is 18.2 Å². The third-order valence-corrected chi connectivity index (χ3v) is 2.70. The summed E-state index contributed by atoms with van der Waals surface area (Å²) < 4.78 is 9.98. The average Bonchev–Trinajstić information content (AvgIpc) is 2.32. The van der Waals surface area contributed by atoms with Crippen molar-refractivity contribution in [3.8, 4) is 0 Å². The second kappa shape index (κ2) is 8.49. The van der Waals surface area contributed by atoms with Crippen molar-refractivity contribution in [2.45, 2.75) is 59.1 Å². The van der Waals surface area contributed by atoms with E-state index in [1.807, 2.05) is 6.92 Å². The number of carboxylic acids is 1. The van der Waals surface area contributed by atoms with E-state index in [9.17, 15) is 14.4 Å². The van der Waals surface area contributed by atoms with Gasteiger partial charge in [0.15, 0.2) is 0 Å². The fourth-order valence-electron chi connectivity index (χ4n) is 1.43. The molecule has 0 aliphatic heterocycles. The van der Waals surface area contributed by atoms with Crippen LogP contribution in [-0.2, 0) is 19.1 Å². The molecule has 0 heterocycles. The van der Waals surface area contributed by atoms with Crippen LogP contribution < -0.4 is 5.32 Å². The number of carbonyl (C=O) groups is 3. The molecule has 0 fully saturated rings. The Morgan fingerprint density at radius 2 is 1.81 bits per heavy atom. The maximum Gasteiger partial charge on any atom is 0.408 e. The molecule has 0 saturated carbocycles. The first-order valence-corrected chi connectivity index (χ1v) is 6.94. The van der Waals surface area contributed by atoms with Gasteiger partial charge in [-0.15, -0.1) is 0 Å². The third kappa shape index (κ3) is 8.88. The van der Waals surface area contributed by atoms with E-state index in [2.05, 4.69) is 5.32 Å². The minimum absolute atomic E-state index is 0.158. The molecular weight excluding hydrogens is 278 g/mol. The van der Waals surface area contributed by atoms with E-state index in [-0.39, 0.29) is 18.9 Å². The number of hydrogen-bond donors (Lipinski definition) is 2. The van der Waals surface area contributed by atoms with Crippen molar-refractivity contribution in [2.24, 2.45) is 5.92 Å². The number of carboxylic acid groups (broad SMARTS) is 1. The van der Waals surface area contributed by atoms with Crippen LogP contribution in [0.5, 0.6) is 0 Å². The zero-order chi connectivity index (χ0) is 16.6. The van der Waals surface area contributed by atoms with Crippen molar-refractivity contribution in [2.75, 3.05) is 6.61 Å². The van der Waals surface area contributed by atoms with E-state index >= 15 is 0 Å². The van der Waals surface area contributed by atoms with E-state index in [4.69, 9.17) is 14.6 Å². The summed E-state index contributed by atoms with van der Waals surface area (Å²) in [7, 11) is 0. The molecule has 122 valence electrons. The van der Waals surface area contributed by atoms with Crippen molar-refractivity contribution in [3.63, 3.8) is 0 Å². The summed E-state index contributed by atoms with van der Waals surface area (Å²) in [5.74, 6) is -1.87. The monoisotopic (exact) mass is 303 g/mol. The Morgan fingerprint density at radius 3 is 2.24 bits per heavy atom. The minimum Gasteiger partial charge on any atom is -0.481 e. The van der Waals surface area contributed by atoms with Gasteiger partial charge in [0.2, 0.25) is 0 Å². The highest BCUT2D eigenvalue weighted by Gasteiger charge is 2.29. The molecule has 7 heteroatoms. The molecule has 0 aromatic rings. The van der Waals surface area contributed by atoms with Gasteiger partial charge >= 0.3 is 18.0 Å². The van der Waals surface area contributed by atoms with Crippen molar-refractivity contribution in [1.29, 1.82) is 0 Å². The van der Waals surface area contributed by atoms with Gasteiger partial charge in [0.25, 0.3) is 0 Å². The van der Waals surface area contributed by atoms with Crippen LogP contribution in [0.2, 0.25) is 0 Å². The van der Waals surface area contributed by atoms with Crippen molar-refractivity contribution in [3.05, 3.63) is 0 Å². The summed E-state index contributed by atoms with van der Waals surface area (Å²) in [4.78, 5) is 34.1. The molecule has 0 spiro atoms. The average molecular weight is 303 g/mol. The summed E-state index contributed by atoms with van der Waals surface area (Å²) in [5, 5.41) is 11.0. The number of alkyl carbamates (subject to hydrolysis) is 1. The van der Waals surface area contributed by atoms with Gasteiger partial charge in [0, 0.05) is 0 Å². The Balaban J connectivity index is 4.61. The van der Waals surface area contributed by atoms with Crippen LogP contribution in [-0.4, -0.2) is 41.4 Å². The lowest BCUT2D eigenvalue weighted by Gasteiger charge is -2.25. The van der Waals surface area contributed by atoms with Crippen LogP contribution in [0.4, 0.5) is 4.79 Å². The number of rotatable bonds is 7. The Bertz CT molecular complexity index is 374. The highest BCUT2D eigenvalue weighted by Crippen LogP contribution is 2.12. The molecule has 7 nitrogen and oxygen atoms in total. The molecule has 21 heavy (non-hydrogen) atoms. The van der Waals surface area contributed by atoms with Gasteiger partial charge in [-0.2, -0.15) is 0 Å². The molecule has 0 radical (unpaired) electrons. The van der Waals surface area contributed by atoms with Gasteiger partial charge in [0.05, 0.1) is 6.42 Å². The fraction of sp³-hybridized carbons (Fsp3) is 0.786. The maximum atomic E-state index is 11.9. The summed E-state index contributed by atoms with van der Waals surface area (Å²) in [6.45, 7) is 8.60. The molecule has 0 rings (SSSR count). The summed E-state index contributed by atoms with van der Waals surface area (Å²) in [5.41, 5.74) is -0.669. The van der Waals surface area contributed by atoms with Crippen LogP contribution in [0.25, 0.3) is 0 Å². The van der Waals surface area contributed by atoms with Crippen molar-refractivity contribution < 1.29 is 29.0 Å². The van der Waals surface area contributed by atoms with Gasteiger partial charge in [-0.25, -0.2) is 9.59 Å². The van der Waals surface area contributed by atoms with Crippen LogP contribution in [0.3, 0.4) is 0 Å². The van der Waals surface area contributed by atoms with Gasteiger partial charge < -0.3 is 19.9 Å². The highest BCUT2D eigenvalue weighted by atomic mass is 16.6. The number of carbonyl (C=O) groups excluding carboxylic acids is 2. The summed E-state index contributed by atoms with van der Waals surface area (Å²) in [6, 6.07) is -0.862. The van der Waals surface area contributed by atoms with E-state index in [1.165, 1.54) is 0 Å². The Morgan fingerprint density at radius 1 is 1.24 bits per heavy atom. The number of hydrogen-bond acceptors (Lipinski definition) is 5. The summed E-state index contributed by atoms with van der Waals surface area (Å²) >= 11 is 0. The number of ether oxygens (including phenoxy) is 2. The maximum absolute atomic E-state index is 11.9. The lowest BCUT2D eigenvalue weighted by Crippen LogP contribution is -2.47. The van der Waals surface area contributed by atoms with E-state index in [0.717, 1.165) is 0 Å². The van der Waals surface area contributed by atoms with Crippen LogP contribution in [0.1, 0.15) is 47.5 Å². The topological polar surface area (TPSA) is 102 Å². The summed E-state index contributed by atoms with van der Waals surface area (Å²) in [6.07, 6.45) is -0.331. The molecule has 0 saturated heterocycles. The number of amides is 1. The zero-order valence-electron chi connectivity index (χ0n) is 13.3. The van der Waals surface area contributed by atoms with Crippen LogP contribution >= 0.6 is 0 Å². The third-order valence-electron chi connectivity index (χ3n) is 2.70. The minimum atomic E-state index is -1.05. The molecule has 2 N–H and O–H groups in total. The molecule has 0 aliphatic carbocycles. The first-order chi connectivity index (χ1) is 9.56. The molecule has 0 bridgehead atoms. The molecule has 0 aromatic heterocycles. The molecule has 1 amide bonds. The molecular formula is C14H25NO6. The smallest absolute Gasteiger partial charge is 0.408 e.